The van der Waals surface area contributed by atoms with E-state index in [0.29, 0.717) is 6.04 Å². The molecule has 3 rings (SSSR count). The topological polar surface area (TPSA) is 54.2 Å². The van der Waals surface area contributed by atoms with E-state index in [9.17, 15) is 0 Å². The minimum Gasteiger partial charge on any atom is -0.467 e. The highest BCUT2D eigenvalue weighted by Gasteiger charge is 2.32. The normalized spacial score (nSPS) is 14.3. The number of hydrogen-bond acceptors (Lipinski definition) is 5. The van der Waals surface area contributed by atoms with Crippen LogP contribution in [0.25, 0.3) is 0 Å². The predicted octanol–water partition coefficient (Wildman–Crippen LogP) is 2.98. The predicted molar refractivity (Wildman–Crippen MR) is 78.8 cm³/mol. The number of nitrogens with zero attached hydrogens (tertiary/aromatic N) is 3. The molecule has 0 unspecified atom stereocenters. The zero-order valence-electron chi connectivity index (χ0n) is 12.0. The van der Waals surface area contributed by atoms with Crippen LogP contribution in [0.3, 0.4) is 0 Å². The molecule has 2 heterocycles. The molecule has 2 aromatic heterocycles. The molecule has 0 aliphatic heterocycles. The minimum absolute atomic E-state index is 0.572. The number of hydrogen-bond donors (Lipinski definition) is 1. The van der Waals surface area contributed by atoms with Gasteiger partial charge in [0.25, 0.3) is 0 Å². The van der Waals surface area contributed by atoms with Crippen molar-refractivity contribution in [3.63, 3.8) is 0 Å². The van der Waals surface area contributed by atoms with Crippen molar-refractivity contribution in [2.45, 2.75) is 39.3 Å². The molecule has 0 bridgehead atoms. The van der Waals surface area contributed by atoms with Crippen molar-refractivity contribution in [2.75, 3.05) is 16.8 Å². The third kappa shape index (κ3) is 2.61. The average Bonchev–Trinajstić information content (AvgIpc) is 3.16. The first kappa shape index (κ1) is 13.0. The van der Waals surface area contributed by atoms with E-state index in [-0.39, 0.29) is 0 Å². The quantitative estimate of drug-likeness (QED) is 0.876. The van der Waals surface area contributed by atoms with Gasteiger partial charge in [-0.25, -0.2) is 9.97 Å². The summed E-state index contributed by atoms with van der Waals surface area (Å²) in [6.45, 7) is 5.77. The molecule has 0 aromatic carbocycles. The van der Waals surface area contributed by atoms with Gasteiger partial charge in [0.2, 0.25) is 0 Å². The first-order valence-electron chi connectivity index (χ1n) is 7.14. The highest BCUT2D eigenvalue weighted by molar-refractivity contribution is 5.58. The van der Waals surface area contributed by atoms with Crippen LogP contribution in [0, 0.1) is 6.92 Å². The maximum Gasteiger partial charge on any atom is 0.137 e. The molecule has 0 atom stereocenters. The molecule has 0 saturated heterocycles. The summed E-state index contributed by atoms with van der Waals surface area (Å²) in [6, 6.07) is 4.51. The van der Waals surface area contributed by atoms with Crippen LogP contribution in [-0.4, -0.2) is 22.6 Å². The summed E-state index contributed by atoms with van der Waals surface area (Å²) in [4.78, 5) is 11.1. The van der Waals surface area contributed by atoms with E-state index in [1.807, 2.05) is 12.1 Å². The van der Waals surface area contributed by atoms with Crippen molar-refractivity contribution in [2.24, 2.45) is 0 Å². The van der Waals surface area contributed by atoms with Crippen molar-refractivity contribution >= 4 is 11.6 Å². The second-order valence-corrected chi connectivity index (χ2v) is 5.14. The lowest BCUT2D eigenvalue weighted by Crippen LogP contribution is -2.27. The van der Waals surface area contributed by atoms with Gasteiger partial charge in [0.05, 0.1) is 12.8 Å². The van der Waals surface area contributed by atoms with Crippen LogP contribution in [0.2, 0.25) is 0 Å². The fourth-order valence-corrected chi connectivity index (χ4v) is 2.41. The van der Waals surface area contributed by atoms with Crippen LogP contribution < -0.4 is 10.2 Å². The van der Waals surface area contributed by atoms with Crippen LogP contribution in [0.1, 0.15) is 31.1 Å². The van der Waals surface area contributed by atoms with Crippen LogP contribution in [0.4, 0.5) is 11.6 Å². The molecule has 1 fully saturated rings. The van der Waals surface area contributed by atoms with Crippen molar-refractivity contribution in [1.82, 2.24) is 9.97 Å². The van der Waals surface area contributed by atoms with Gasteiger partial charge in [0.15, 0.2) is 0 Å². The van der Waals surface area contributed by atoms with Gasteiger partial charge in [-0.1, -0.05) is 0 Å². The van der Waals surface area contributed by atoms with E-state index in [0.717, 1.165) is 36.0 Å². The molecule has 106 valence electrons. The van der Waals surface area contributed by atoms with E-state index < -0.39 is 0 Å². The lowest BCUT2D eigenvalue weighted by molar-refractivity contribution is 0.500. The molecule has 5 heteroatoms. The number of aromatic nitrogens is 2. The summed E-state index contributed by atoms with van der Waals surface area (Å²) in [6.07, 6.45) is 5.80. The second-order valence-electron chi connectivity index (χ2n) is 5.14. The zero-order valence-corrected chi connectivity index (χ0v) is 12.0. The molecular formula is C15H20N4O. The molecule has 20 heavy (non-hydrogen) atoms. The fourth-order valence-electron chi connectivity index (χ4n) is 2.41. The van der Waals surface area contributed by atoms with Gasteiger partial charge in [-0.3, -0.25) is 0 Å². The van der Waals surface area contributed by atoms with Crippen molar-refractivity contribution in [1.29, 1.82) is 0 Å². The van der Waals surface area contributed by atoms with E-state index in [4.69, 9.17) is 4.42 Å². The van der Waals surface area contributed by atoms with Gasteiger partial charge in [-0.05, 0) is 38.8 Å². The summed E-state index contributed by atoms with van der Waals surface area (Å²) in [5.74, 6) is 2.90. The molecule has 2 aromatic rings. The van der Waals surface area contributed by atoms with E-state index in [1.165, 1.54) is 12.8 Å². The summed E-state index contributed by atoms with van der Waals surface area (Å²) in [5.41, 5.74) is 1.10. The Bertz CT molecular complexity index is 563. The van der Waals surface area contributed by atoms with Crippen molar-refractivity contribution < 1.29 is 4.42 Å². The molecule has 0 spiro atoms. The number of furan rings is 1. The van der Waals surface area contributed by atoms with Crippen molar-refractivity contribution in [3.05, 3.63) is 36.0 Å². The summed E-state index contributed by atoms with van der Waals surface area (Å²) in [7, 11) is 0. The summed E-state index contributed by atoms with van der Waals surface area (Å²) >= 11 is 0. The summed E-state index contributed by atoms with van der Waals surface area (Å²) < 4.78 is 5.48. The van der Waals surface area contributed by atoms with Gasteiger partial charge in [-0.2, -0.15) is 0 Å². The van der Waals surface area contributed by atoms with Gasteiger partial charge in [0.1, 0.15) is 23.7 Å². The first-order valence-corrected chi connectivity index (χ1v) is 7.14. The Morgan fingerprint density at radius 2 is 2.25 bits per heavy atom. The van der Waals surface area contributed by atoms with E-state index >= 15 is 0 Å². The van der Waals surface area contributed by atoms with Crippen LogP contribution in [-0.2, 0) is 6.54 Å². The van der Waals surface area contributed by atoms with Crippen LogP contribution >= 0.6 is 0 Å². The Kier molecular flexibility index (Phi) is 3.58. The highest BCUT2D eigenvalue weighted by Crippen LogP contribution is 2.34. The lowest BCUT2D eigenvalue weighted by atomic mass is 10.2. The molecule has 1 saturated carbocycles. The Morgan fingerprint density at radius 3 is 2.90 bits per heavy atom. The van der Waals surface area contributed by atoms with Gasteiger partial charge < -0.3 is 14.6 Å². The molecule has 1 aliphatic carbocycles. The molecule has 0 amide bonds. The Morgan fingerprint density at radius 1 is 1.40 bits per heavy atom. The van der Waals surface area contributed by atoms with Crippen LogP contribution in [0.15, 0.2) is 29.1 Å². The Labute approximate surface area is 119 Å². The van der Waals surface area contributed by atoms with Gasteiger partial charge in [-0.15, -0.1) is 0 Å². The average molecular weight is 272 g/mol. The second kappa shape index (κ2) is 5.53. The molecule has 1 N–H and O–H groups in total. The first-order chi connectivity index (χ1) is 9.79. The van der Waals surface area contributed by atoms with Gasteiger partial charge in [0, 0.05) is 18.2 Å². The number of nitrogens with one attached hydrogen (secondary N) is 1. The molecule has 0 radical (unpaired) electrons. The third-order valence-corrected chi connectivity index (χ3v) is 3.57. The SMILES string of the molecule is CCNc1ncnc(N(Cc2ccco2)C2CC2)c1C. The zero-order chi connectivity index (χ0) is 13.9. The summed E-state index contributed by atoms with van der Waals surface area (Å²) in [5, 5.41) is 3.29. The third-order valence-electron chi connectivity index (χ3n) is 3.57. The van der Waals surface area contributed by atoms with Gasteiger partial charge >= 0.3 is 0 Å². The number of anilines is 2. The Hall–Kier alpha value is -2.04. The maximum atomic E-state index is 5.48. The molecular weight excluding hydrogens is 252 g/mol. The minimum atomic E-state index is 0.572. The highest BCUT2D eigenvalue weighted by atomic mass is 16.3. The Balaban J connectivity index is 1.89. The standard InChI is InChI=1S/C15H20N4O/c1-3-16-14-11(2)15(18-10-17-14)19(12-6-7-12)9-13-5-4-8-20-13/h4-5,8,10,12H,3,6-7,9H2,1-2H3,(H,16,17,18). The van der Waals surface area contributed by atoms with E-state index in [1.54, 1.807) is 12.6 Å². The fraction of sp³-hybridized carbons (Fsp3) is 0.467. The maximum absolute atomic E-state index is 5.48. The molecule has 1 aliphatic rings. The van der Waals surface area contributed by atoms with E-state index in [2.05, 4.69) is 34.0 Å². The lowest BCUT2D eigenvalue weighted by Gasteiger charge is -2.24. The smallest absolute Gasteiger partial charge is 0.137 e. The largest absolute Gasteiger partial charge is 0.467 e. The van der Waals surface area contributed by atoms with Crippen LogP contribution in [0.5, 0.6) is 0 Å². The number of rotatable bonds is 6. The van der Waals surface area contributed by atoms with Crippen molar-refractivity contribution in [3.8, 4) is 0 Å². The monoisotopic (exact) mass is 272 g/mol. The molecule has 5 nitrogen and oxygen atoms in total.